The van der Waals surface area contributed by atoms with Gasteiger partial charge in [0, 0.05) is 17.1 Å². The molecule has 0 aliphatic rings. The summed E-state index contributed by atoms with van der Waals surface area (Å²) in [4.78, 5) is 18.5. The van der Waals surface area contributed by atoms with Crippen molar-refractivity contribution in [3.8, 4) is 17.3 Å². The van der Waals surface area contributed by atoms with E-state index in [4.69, 9.17) is 22.0 Å². The number of rotatable bonds is 4. The SMILES string of the molecule is N#Cc1c(-c2ccc(Cl)cc2)nc(NCCO)[nH]c1=O. The molecule has 1 aromatic carbocycles. The number of aromatic amines is 1. The highest BCUT2D eigenvalue weighted by molar-refractivity contribution is 6.30. The number of nitrogens with zero attached hydrogens (tertiary/aromatic N) is 2. The van der Waals surface area contributed by atoms with Crippen LogP contribution in [0.1, 0.15) is 5.56 Å². The average Bonchev–Trinajstić information content (AvgIpc) is 2.45. The van der Waals surface area contributed by atoms with Crippen LogP contribution in [-0.2, 0) is 0 Å². The van der Waals surface area contributed by atoms with Crippen LogP contribution in [0.3, 0.4) is 0 Å². The lowest BCUT2D eigenvalue weighted by Gasteiger charge is -2.07. The number of benzene rings is 1. The molecular weight excluding hydrogens is 280 g/mol. The number of nitrogens with one attached hydrogen (secondary N) is 2. The van der Waals surface area contributed by atoms with Crippen molar-refractivity contribution in [1.82, 2.24) is 9.97 Å². The van der Waals surface area contributed by atoms with Gasteiger partial charge in [-0.1, -0.05) is 23.7 Å². The molecule has 0 fully saturated rings. The summed E-state index contributed by atoms with van der Waals surface area (Å²) in [7, 11) is 0. The molecule has 2 rings (SSSR count). The van der Waals surface area contributed by atoms with Crippen LogP contribution >= 0.6 is 11.6 Å². The highest BCUT2D eigenvalue weighted by atomic mass is 35.5. The standard InChI is InChI=1S/C13H11ClN4O2/c14-9-3-1-8(2-4-9)11-10(7-15)12(20)18-13(17-11)16-5-6-19/h1-4,19H,5-6H2,(H2,16,17,18,20). The number of hydrogen-bond donors (Lipinski definition) is 3. The second-order valence-electron chi connectivity index (χ2n) is 3.91. The van der Waals surface area contributed by atoms with E-state index in [-0.39, 0.29) is 30.4 Å². The number of anilines is 1. The Balaban J connectivity index is 2.54. The molecule has 0 amide bonds. The molecule has 0 bridgehead atoms. The molecule has 0 radical (unpaired) electrons. The van der Waals surface area contributed by atoms with Gasteiger partial charge in [0.2, 0.25) is 5.95 Å². The van der Waals surface area contributed by atoms with Crippen LogP contribution in [0.25, 0.3) is 11.3 Å². The molecule has 7 heteroatoms. The Labute approximate surface area is 119 Å². The summed E-state index contributed by atoms with van der Waals surface area (Å²) in [5.74, 6) is 0.202. The van der Waals surface area contributed by atoms with Gasteiger partial charge in [-0.3, -0.25) is 9.78 Å². The molecule has 0 spiro atoms. The average molecular weight is 291 g/mol. The molecule has 0 saturated heterocycles. The topological polar surface area (TPSA) is 102 Å². The van der Waals surface area contributed by atoms with Crippen LogP contribution in [0.5, 0.6) is 0 Å². The molecule has 0 atom stereocenters. The maximum Gasteiger partial charge on any atom is 0.270 e. The first-order valence-electron chi connectivity index (χ1n) is 5.81. The summed E-state index contributed by atoms with van der Waals surface area (Å²) in [6, 6.07) is 8.52. The van der Waals surface area contributed by atoms with Crippen LogP contribution in [0.4, 0.5) is 5.95 Å². The van der Waals surface area contributed by atoms with Gasteiger partial charge in [0.1, 0.15) is 11.6 Å². The summed E-state index contributed by atoms with van der Waals surface area (Å²) < 4.78 is 0. The molecule has 0 aliphatic heterocycles. The minimum absolute atomic E-state index is 0.0677. The summed E-state index contributed by atoms with van der Waals surface area (Å²) in [6.45, 7) is 0.148. The van der Waals surface area contributed by atoms with E-state index in [2.05, 4.69) is 15.3 Å². The zero-order valence-corrected chi connectivity index (χ0v) is 11.1. The Bertz CT molecular complexity index is 704. The number of aliphatic hydroxyl groups is 1. The number of halogens is 1. The van der Waals surface area contributed by atoms with E-state index in [0.29, 0.717) is 10.6 Å². The van der Waals surface area contributed by atoms with Gasteiger partial charge in [0.25, 0.3) is 5.56 Å². The lowest BCUT2D eigenvalue weighted by Crippen LogP contribution is -2.18. The van der Waals surface area contributed by atoms with Crippen LogP contribution in [0.15, 0.2) is 29.1 Å². The first-order valence-corrected chi connectivity index (χ1v) is 6.18. The van der Waals surface area contributed by atoms with Gasteiger partial charge in [0.05, 0.1) is 12.3 Å². The Morgan fingerprint density at radius 2 is 2.10 bits per heavy atom. The molecule has 3 N–H and O–H groups in total. The highest BCUT2D eigenvalue weighted by Crippen LogP contribution is 2.21. The van der Waals surface area contributed by atoms with Crippen LogP contribution in [0, 0.1) is 11.3 Å². The predicted octanol–water partition coefficient (Wildman–Crippen LogP) is 1.37. The number of aliphatic hydroxyl groups excluding tert-OH is 1. The van der Waals surface area contributed by atoms with Crippen LogP contribution < -0.4 is 10.9 Å². The van der Waals surface area contributed by atoms with E-state index < -0.39 is 5.56 Å². The van der Waals surface area contributed by atoms with Crippen LogP contribution in [0.2, 0.25) is 5.02 Å². The highest BCUT2D eigenvalue weighted by Gasteiger charge is 2.13. The monoisotopic (exact) mass is 290 g/mol. The third-order valence-corrected chi connectivity index (χ3v) is 2.81. The zero-order chi connectivity index (χ0) is 14.5. The van der Waals surface area contributed by atoms with Gasteiger partial charge in [-0.2, -0.15) is 5.26 Å². The van der Waals surface area contributed by atoms with E-state index in [1.165, 1.54) is 0 Å². The predicted molar refractivity (Wildman–Crippen MR) is 75.6 cm³/mol. The van der Waals surface area contributed by atoms with Gasteiger partial charge in [-0.05, 0) is 12.1 Å². The normalized spacial score (nSPS) is 10.1. The zero-order valence-electron chi connectivity index (χ0n) is 10.4. The van der Waals surface area contributed by atoms with Gasteiger partial charge in [0.15, 0.2) is 0 Å². The molecule has 2 aromatic rings. The molecule has 6 nitrogen and oxygen atoms in total. The smallest absolute Gasteiger partial charge is 0.270 e. The number of aromatic nitrogens is 2. The van der Waals surface area contributed by atoms with Crippen molar-refractivity contribution in [2.24, 2.45) is 0 Å². The van der Waals surface area contributed by atoms with E-state index >= 15 is 0 Å². The summed E-state index contributed by atoms with van der Waals surface area (Å²) in [6.07, 6.45) is 0. The molecule has 20 heavy (non-hydrogen) atoms. The first-order chi connectivity index (χ1) is 9.65. The summed E-state index contributed by atoms with van der Waals surface area (Å²) >= 11 is 5.81. The molecular formula is C13H11ClN4O2. The van der Waals surface area contributed by atoms with Crippen molar-refractivity contribution in [3.05, 3.63) is 45.2 Å². The Morgan fingerprint density at radius 1 is 1.40 bits per heavy atom. The van der Waals surface area contributed by atoms with Gasteiger partial charge in [-0.25, -0.2) is 4.98 Å². The fourth-order valence-electron chi connectivity index (χ4n) is 1.65. The molecule has 0 unspecified atom stereocenters. The van der Waals surface area contributed by atoms with Crippen molar-refractivity contribution in [2.75, 3.05) is 18.5 Å². The van der Waals surface area contributed by atoms with Gasteiger partial charge >= 0.3 is 0 Å². The van der Waals surface area contributed by atoms with Crippen molar-refractivity contribution >= 4 is 17.5 Å². The quantitative estimate of drug-likeness (QED) is 0.789. The molecule has 1 aromatic heterocycles. The number of hydrogen-bond acceptors (Lipinski definition) is 5. The van der Waals surface area contributed by atoms with Crippen LogP contribution in [-0.4, -0.2) is 28.2 Å². The Morgan fingerprint density at radius 3 is 2.70 bits per heavy atom. The van der Waals surface area contributed by atoms with E-state index in [0.717, 1.165) is 0 Å². The van der Waals surface area contributed by atoms with Gasteiger partial charge in [-0.15, -0.1) is 0 Å². The van der Waals surface area contributed by atoms with Gasteiger partial charge < -0.3 is 10.4 Å². The fraction of sp³-hybridized carbons (Fsp3) is 0.154. The fourth-order valence-corrected chi connectivity index (χ4v) is 1.78. The number of nitriles is 1. The second-order valence-corrected chi connectivity index (χ2v) is 4.34. The summed E-state index contributed by atoms with van der Waals surface area (Å²) in [5, 5.41) is 21.2. The maximum absolute atomic E-state index is 11.8. The van der Waals surface area contributed by atoms with E-state index in [1.54, 1.807) is 24.3 Å². The van der Waals surface area contributed by atoms with Crippen molar-refractivity contribution in [3.63, 3.8) is 0 Å². The molecule has 1 heterocycles. The molecule has 0 saturated carbocycles. The van der Waals surface area contributed by atoms with Crippen molar-refractivity contribution in [1.29, 1.82) is 5.26 Å². The Kier molecular flexibility index (Phi) is 4.35. The minimum Gasteiger partial charge on any atom is -0.395 e. The number of H-pyrrole nitrogens is 1. The maximum atomic E-state index is 11.8. The third-order valence-electron chi connectivity index (χ3n) is 2.55. The van der Waals surface area contributed by atoms with Crippen molar-refractivity contribution < 1.29 is 5.11 Å². The van der Waals surface area contributed by atoms with Crippen molar-refractivity contribution in [2.45, 2.75) is 0 Å². The lowest BCUT2D eigenvalue weighted by molar-refractivity contribution is 0.311. The first kappa shape index (κ1) is 14.1. The minimum atomic E-state index is -0.534. The second kappa shape index (κ2) is 6.19. The Hall–Kier alpha value is -2.36. The summed E-state index contributed by atoms with van der Waals surface area (Å²) in [5.41, 5.74) is 0.284. The largest absolute Gasteiger partial charge is 0.395 e. The molecule has 0 aliphatic carbocycles. The van der Waals surface area contributed by atoms with E-state index in [1.807, 2.05) is 6.07 Å². The lowest BCUT2D eigenvalue weighted by atomic mass is 10.1. The van der Waals surface area contributed by atoms with E-state index in [9.17, 15) is 4.79 Å². The third kappa shape index (κ3) is 2.96. The molecule has 102 valence electrons.